The van der Waals surface area contributed by atoms with Gasteiger partial charge in [0.1, 0.15) is 5.82 Å². The molecule has 0 radical (unpaired) electrons. The van der Waals surface area contributed by atoms with Gasteiger partial charge in [-0.15, -0.1) is 11.3 Å². The van der Waals surface area contributed by atoms with Crippen LogP contribution in [0.3, 0.4) is 0 Å². The molecule has 1 aliphatic heterocycles. The van der Waals surface area contributed by atoms with Gasteiger partial charge in [-0.05, 0) is 62.6 Å². The normalized spacial score (nSPS) is 15.6. The zero-order chi connectivity index (χ0) is 22.9. The Kier molecular flexibility index (Phi) is 6.41. The summed E-state index contributed by atoms with van der Waals surface area (Å²) in [6.07, 6.45) is 0.901. The number of anilines is 1. The Balaban J connectivity index is 1.37. The molecule has 0 saturated carbocycles. The average molecular weight is 474 g/mol. The lowest BCUT2D eigenvalue weighted by Gasteiger charge is -2.30. The number of aryl methyl sites for hydroxylation is 2. The molecule has 0 bridgehead atoms. The molecule has 0 unspecified atom stereocenters. The van der Waals surface area contributed by atoms with E-state index in [1.165, 1.54) is 27.8 Å². The molecule has 6 nitrogen and oxygen atoms in total. The molecule has 0 aliphatic carbocycles. The van der Waals surface area contributed by atoms with Crippen LogP contribution >= 0.6 is 11.3 Å². The first-order chi connectivity index (χ1) is 15.2. The third-order valence-corrected chi connectivity index (χ3v) is 8.46. The van der Waals surface area contributed by atoms with Gasteiger partial charge in [0.2, 0.25) is 15.9 Å². The first-order valence-corrected chi connectivity index (χ1v) is 12.7. The first-order valence-electron chi connectivity index (χ1n) is 10.3. The second kappa shape index (κ2) is 9.09. The largest absolute Gasteiger partial charge is 0.302 e. The summed E-state index contributed by atoms with van der Waals surface area (Å²) >= 11 is 1.30. The monoisotopic (exact) mass is 473 g/mol. The first kappa shape index (κ1) is 22.6. The summed E-state index contributed by atoms with van der Waals surface area (Å²) in [6, 6.07) is 11.3. The van der Waals surface area contributed by atoms with Gasteiger partial charge in [0.25, 0.3) is 0 Å². The molecule has 0 spiro atoms. The van der Waals surface area contributed by atoms with Crippen LogP contribution in [-0.4, -0.2) is 36.7 Å². The molecule has 0 atom stereocenters. The Morgan fingerprint density at radius 3 is 2.47 bits per heavy atom. The van der Waals surface area contributed by atoms with Crippen molar-refractivity contribution in [3.05, 3.63) is 64.8 Å². The molecule has 32 heavy (non-hydrogen) atoms. The maximum Gasteiger partial charge on any atom is 0.243 e. The molecule has 1 aliphatic rings. The number of hydrogen-bond acceptors (Lipinski definition) is 5. The molecule has 2 heterocycles. The zero-order valence-corrected chi connectivity index (χ0v) is 19.5. The summed E-state index contributed by atoms with van der Waals surface area (Å²) in [5, 5.41) is 5.12. The lowest BCUT2D eigenvalue weighted by molar-refractivity contribution is -0.120. The van der Waals surface area contributed by atoms with Gasteiger partial charge in [0.05, 0.1) is 10.6 Å². The lowest BCUT2D eigenvalue weighted by atomic mass is 9.97. The predicted octanol–water partition coefficient (Wildman–Crippen LogP) is 4.61. The van der Waals surface area contributed by atoms with Crippen LogP contribution in [0.4, 0.5) is 9.52 Å². The summed E-state index contributed by atoms with van der Waals surface area (Å²) in [7, 11) is -3.58. The van der Waals surface area contributed by atoms with Crippen molar-refractivity contribution in [2.45, 2.75) is 31.6 Å². The molecule has 1 saturated heterocycles. The zero-order valence-electron chi connectivity index (χ0n) is 17.8. The number of hydrogen-bond donors (Lipinski definition) is 1. The number of carbonyl (C=O) groups excluding carboxylic acids is 1. The summed E-state index contributed by atoms with van der Waals surface area (Å²) in [5.41, 5.74) is 3.18. The second-order valence-electron chi connectivity index (χ2n) is 7.98. The topological polar surface area (TPSA) is 79.4 Å². The molecular formula is C23H24FN3O3S2. The molecule has 9 heteroatoms. The fraction of sp³-hybridized carbons (Fsp3) is 0.304. The van der Waals surface area contributed by atoms with Crippen molar-refractivity contribution in [3.8, 4) is 11.3 Å². The van der Waals surface area contributed by atoms with Gasteiger partial charge in [-0.1, -0.05) is 17.7 Å². The number of nitrogens with zero attached hydrogens (tertiary/aromatic N) is 2. The summed E-state index contributed by atoms with van der Waals surface area (Å²) in [5.74, 6) is -0.754. The van der Waals surface area contributed by atoms with Gasteiger partial charge in [-0.2, -0.15) is 4.31 Å². The number of sulfonamides is 1. The molecule has 2 aromatic carbocycles. The highest BCUT2D eigenvalue weighted by molar-refractivity contribution is 7.89. The van der Waals surface area contributed by atoms with E-state index < -0.39 is 10.0 Å². The second-order valence-corrected chi connectivity index (χ2v) is 10.7. The van der Waals surface area contributed by atoms with Crippen LogP contribution in [0.15, 0.2) is 52.7 Å². The van der Waals surface area contributed by atoms with Gasteiger partial charge < -0.3 is 5.32 Å². The summed E-state index contributed by atoms with van der Waals surface area (Å²) in [4.78, 5) is 17.4. The number of piperidine rings is 1. The minimum atomic E-state index is -3.58. The molecule has 168 valence electrons. The number of thiazole rings is 1. The van der Waals surface area contributed by atoms with Crippen molar-refractivity contribution < 1.29 is 17.6 Å². The number of amides is 1. The Morgan fingerprint density at radius 2 is 1.81 bits per heavy atom. The van der Waals surface area contributed by atoms with E-state index in [2.05, 4.69) is 10.3 Å². The highest BCUT2D eigenvalue weighted by Gasteiger charge is 2.33. The summed E-state index contributed by atoms with van der Waals surface area (Å²) in [6.45, 7) is 4.33. The average Bonchev–Trinajstić information content (AvgIpc) is 3.22. The maximum atomic E-state index is 13.1. The van der Waals surface area contributed by atoms with Crippen LogP contribution in [0.25, 0.3) is 11.3 Å². The van der Waals surface area contributed by atoms with Crippen molar-refractivity contribution in [3.63, 3.8) is 0 Å². The number of rotatable bonds is 5. The van der Waals surface area contributed by atoms with Crippen LogP contribution < -0.4 is 5.32 Å². The Labute approximate surface area is 191 Å². The number of benzene rings is 2. The highest BCUT2D eigenvalue weighted by atomic mass is 32.2. The number of nitrogens with one attached hydrogen (secondary N) is 1. The van der Waals surface area contributed by atoms with Gasteiger partial charge in [-0.25, -0.2) is 17.8 Å². The molecule has 1 fully saturated rings. The van der Waals surface area contributed by atoms with Gasteiger partial charge >= 0.3 is 0 Å². The van der Waals surface area contributed by atoms with Crippen LogP contribution in [0.2, 0.25) is 0 Å². The lowest BCUT2D eigenvalue weighted by Crippen LogP contribution is -2.41. The highest BCUT2D eigenvalue weighted by Crippen LogP contribution is 2.29. The van der Waals surface area contributed by atoms with Gasteiger partial charge in [0, 0.05) is 30.0 Å². The van der Waals surface area contributed by atoms with Crippen molar-refractivity contribution in [2.24, 2.45) is 5.92 Å². The van der Waals surface area contributed by atoms with E-state index in [4.69, 9.17) is 0 Å². The molecule has 1 amide bonds. The number of carbonyl (C=O) groups is 1. The van der Waals surface area contributed by atoms with E-state index in [1.807, 2.05) is 18.4 Å². The fourth-order valence-corrected chi connectivity index (χ4v) is 6.28. The van der Waals surface area contributed by atoms with E-state index >= 15 is 0 Å². The standard InChI is InChI=1S/C23H24FN3O3S2/c1-15-3-8-21(16(2)13-15)32(29,30)27-11-9-18(10-12-27)22(28)26-23-25-20(14-31-23)17-4-6-19(24)7-5-17/h3-8,13-14,18H,9-12H2,1-2H3,(H,25,26,28). The number of aromatic nitrogens is 1. The van der Waals surface area contributed by atoms with E-state index in [1.54, 1.807) is 31.2 Å². The molecule has 1 N–H and O–H groups in total. The fourth-order valence-electron chi connectivity index (χ4n) is 3.88. The van der Waals surface area contributed by atoms with Gasteiger partial charge in [0.15, 0.2) is 5.13 Å². The van der Waals surface area contributed by atoms with E-state index in [-0.39, 0.29) is 17.6 Å². The quantitative estimate of drug-likeness (QED) is 0.587. The van der Waals surface area contributed by atoms with Crippen molar-refractivity contribution in [2.75, 3.05) is 18.4 Å². The van der Waals surface area contributed by atoms with Crippen molar-refractivity contribution in [1.82, 2.24) is 9.29 Å². The number of halogens is 1. The Hall–Kier alpha value is -2.62. The molecule has 3 aromatic rings. The molecule has 4 rings (SSSR count). The maximum absolute atomic E-state index is 13.1. The van der Waals surface area contributed by atoms with Crippen molar-refractivity contribution in [1.29, 1.82) is 0 Å². The Bertz CT molecular complexity index is 1230. The van der Waals surface area contributed by atoms with E-state index in [9.17, 15) is 17.6 Å². The Morgan fingerprint density at radius 1 is 1.12 bits per heavy atom. The van der Waals surface area contributed by atoms with Crippen LogP contribution in [-0.2, 0) is 14.8 Å². The van der Waals surface area contributed by atoms with Crippen molar-refractivity contribution >= 4 is 32.4 Å². The van der Waals surface area contributed by atoms with Crippen LogP contribution in [0.1, 0.15) is 24.0 Å². The van der Waals surface area contributed by atoms with Gasteiger partial charge in [-0.3, -0.25) is 4.79 Å². The van der Waals surface area contributed by atoms with Crippen LogP contribution in [0, 0.1) is 25.6 Å². The SMILES string of the molecule is Cc1ccc(S(=O)(=O)N2CCC(C(=O)Nc3nc(-c4ccc(F)cc4)cs3)CC2)c(C)c1. The predicted molar refractivity (Wildman–Crippen MR) is 124 cm³/mol. The van der Waals surface area contributed by atoms with E-state index in [0.717, 1.165) is 16.7 Å². The van der Waals surface area contributed by atoms with Crippen LogP contribution in [0.5, 0.6) is 0 Å². The molecule has 1 aromatic heterocycles. The smallest absolute Gasteiger partial charge is 0.243 e. The third kappa shape index (κ3) is 4.74. The summed E-state index contributed by atoms with van der Waals surface area (Å²) < 4.78 is 40.6. The molecular weight excluding hydrogens is 449 g/mol. The minimum absolute atomic E-state index is 0.159. The van der Waals surface area contributed by atoms with E-state index in [0.29, 0.717) is 41.7 Å². The third-order valence-electron chi connectivity index (χ3n) is 5.65. The minimum Gasteiger partial charge on any atom is -0.302 e.